The molecule has 0 spiro atoms. The van der Waals surface area contributed by atoms with E-state index in [1.807, 2.05) is 0 Å². The zero-order valence-corrected chi connectivity index (χ0v) is 13.0. The van der Waals surface area contributed by atoms with Crippen molar-refractivity contribution >= 4 is 0 Å². The molecule has 0 aromatic rings. The van der Waals surface area contributed by atoms with E-state index in [1.54, 1.807) is 0 Å². The fourth-order valence-electron chi connectivity index (χ4n) is 2.74. The monoisotopic (exact) mass is 286 g/mol. The molecule has 0 radical (unpaired) electrons. The van der Waals surface area contributed by atoms with Crippen molar-refractivity contribution in [2.24, 2.45) is 11.8 Å². The second kappa shape index (κ2) is 8.98. The second-order valence-electron chi connectivity index (χ2n) is 6.04. The van der Waals surface area contributed by atoms with Crippen LogP contribution in [0.25, 0.3) is 0 Å². The van der Waals surface area contributed by atoms with Crippen molar-refractivity contribution in [3.8, 4) is 0 Å². The maximum absolute atomic E-state index is 5.86. The van der Waals surface area contributed by atoms with Crippen LogP contribution in [0.2, 0.25) is 0 Å². The Bertz CT molecular complexity index is 217. The fourth-order valence-corrected chi connectivity index (χ4v) is 2.74. The normalized spacial score (nSPS) is 35.1. The van der Waals surface area contributed by atoms with Crippen LogP contribution >= 0.6 is 0 Å². The lowest BCUT2D eigenvalue weighted by Gasteiger charge is -2.37. The zero-order chi connectivity index (χ0) is 14.2. The Morgan fingerprint density at radius 1 is 0.750 bits per heavy atom. The van der Waals surface area contributed by atoms with Gasteiger partial charge >= 0.3 is 0 Å². The first-order chi connectivity index (χ1) is 9.83. The molecule has 2 rings (SSSR count). The standard InChI is InChI=1S/C16H30O4/c1-3-5-7-13-9-19-16(20-10-13)14-11-17-15(18-12-14)8-6-4-2/h13-16H,3-12H2,1-2H3. The van der Waals surface area contributed by atoms with Gasteiger partial charge in [-0.3, -0.25) is 0 Å². The van der Waals surface area contributed by atoms with E-state index in [0.717, 1.165) is 26.1 Å². The minimum Gasteiger partial charge on any atom is -0.352 e. The number of hydrogen-bond acceptors (Lipinski definition) is 4. The second-order valence-corrected chi connectivity index (χ2v) is 6.04. The Labute approximate surface area is 123 Å². The number of unbranched alkanes of at least 4 members (excludes halogenated alkanes) is 2. The molecule has 0 atom stereocenters. The molecule has 0 aromatic carbocycles. The molecule has 118 valence electrons. The van der Waals surface area contributed by atoms with E-state index >= 15 is 0 Å². The van der Waals surface area contributed by atoms with Crippen LogP contribution < -0.4 is 0 Å². The Kier molecular flexibility index (Phi) is 7.28. The largest absolute Gasteiger partial charge is 0.352 e. The van der Waals surface area contributed by atoms with Gasteiger partial charge in [0.25, 0.3) is 0 Å². The van der Waals surface area contributed by atoms with Crippen molar-refractivity contribution in [3.05, 3.63) is 0 Å². The average Bonchev–Trinajstić information content (AvgIpc) is 2.52. The molecular weight excluding hydrogens is 256 g/mol. The number of rotatable bonds is 7. The molecule has 2 saturated heterocycles. The summed E-state index contributed by atoms with van der Waals surface area (Å²) in [7, 11) is 0. The topological polar surface area (TPSA) is 36.9 Å². The Morgan fingerprint density at radius 3 is 1.95 bits per heavy atom. The zero-order valence-electron chi connectivity index (χ0n) is 13.0. The van der Waals surface area contributed by atoms with Crippen LogP contribution in [0.5, 0.6) is 0 Å². The predicted octanol–water partition coefficient (Wildman–Crippen LogP) is 3.35. The van der Waals surface area contributed by atoms with Crippen molar-refractivity contribution in [2.45, 2.75) is 65.0 Å². The summed E-state index contributed by atoms with van der Waals surface area (Å²) in [5.41, 5.74) is 0. The van der Waals surface area contributed by atoms with E-state index in [0.29, 0.717) is 19.1 Å². The Balaban J connectivity index is 1.63. The smallest absolute Gasteiger partial charge is 0.164 e. The maximum Gasteiger partial charge on any atom is 0.164 e. The summed E-state index contributed by atoms with van der Waals surface area (Å²) in [6, 6.07) is 0. The van der Waals surface area contributed by atoms with Crippen molar-refractivity contribution in [1.29, 1.82) is 0 Å². The molecule has 0 N–H and O–H groups in total. The van der Waals surface area contributed by atoms with Gasteiger partial charge in [-0.1, -0.05) is 33.1 Å². The van der Waals surface area contributed by atoms with Gasteiger partial charge in [0, 0.05) is 5.92 Å². The molecule has 20 heavy (non-hydrogen) atoms. The lowest BCUT2D eigenvalue weighted by atomic mass is 10.0. The van der Waals surface area contributed by atoms with Gasteiger partial charge in [0.2, 0.25) is 0 Å². The molecule has 0 unspecified atom stereocenters. The maximum atomic E-state index is 5.86. The SMILES string of the molecule is CCCCC1COC(C2COC(CCCC)OC2)OC1. The highest BCUT2D eigenvalue weighted by molar-refractivity contribution is 4.72. The summed E-state index contributed by atoms with van der Waals surface area (Å²) in [4.78, 5) is 0. The van der Waals surface area contributed by atoms with Gasteiger partial charge < -0.3 is 18.9 Å². The molecule has 2 aliphatic heterocycles. The summed E-state index contributed by atoms with van der Waals surface area (Å²) in [5.74, 6) is 0.786. The molecule has 4 heteroatoms. The van der Waals surface area contributed by atoms with Crippen LogP contribution in [-0.2, 0) is 18.9 Å². The van der Waals surface area contributed by atoms with E-state index in [4.69, 9.17) is 18.9 Å². The third kappa shape index (κ3) is 4.99. The first-order valence-electron chi connectivity index (χ1n) is 8.29. The third-order valence-electron chi connectivity index (χ3n) is 4.13. The quantitative estimate of drug-likeness (QED) is 0.719. The van der Waals surface area contributed by atoms with Gasteiger partial charge in [0.05, 0.1) is 32.3 Å². The van der Waals surface area contributed by atoms with E-state index in [-0.39, 0.29) is 18.5 Å². The van der Waals surface area contributed by atoms with Crippen LogP contribution in [0, 0.1) is 11.8 Å². The highest BCUT2D eigenvalue weighted by Gasteiger charge is 2.33. The van der Waals surface area contributed by atoms with Crippen LogP contribution in [0.15, 0.2) is 0 Å². The first kappa shape index (κ1) is 16.2. The van der Waals surface area contributed by atoms with Crippen LogP contribution in [0.1, 0.15) is 52.4 Å². The fraction of sp³-hybridized carbons (Fsp3) is 1.00. The number of ether oxygens (including phenoxy) is 4. The van der Waals surface area contributed by atoms with Crippen molar-refractivity contribution in [3.63, 3.8) is 0 Å². The lowest BCUT2D eigenvalue weighted by Crippen LogP contribution is -2.44. The molecule has 2 heterocycles. The molecule has 0 saturated carbocycles. The Hall–Kier alpha value is -0.160. The first-order valence-corrected chi connectivity index (χ1v) is 8.29. The van der Waals surface area contributed by atoms with E-state index in [2.05, 4.69) is 13.8 Å². The van der Waals surface area contributed by atoms with Crippen LogP contribution in [0.3, 0.4) is 0 Å². The molecule has 0 aromatic heterocycles. The third-order valence-corrected chi connectivity index (χ3v) is 4.13. The van der Waals surface area contributed by atoms with Gasteiger partial charge in [-0.05, 0) is 19.3 Å². The van der Waals surface area contributed by atoms with Crippen LogP contribution in [0.4, 0.5) is 0 Å². The highest BCUT2D eigenvalue weighted by atomic mass is 16.7. The van der Waals surface area contributed by atoms with Crippen molar-refractivity contribution in [2.75, 3.05) is 26.4 Å². The van der Waals surface area contributed by atoms with Crippen molar-refractivity contribution in [1.82, 2.24) is 0 Å². The molecule has 2 aliphatic rings. The number of hydrogen-bond donors (Lipinski definition) is 0. The molecule has 0 bridgehead atoms. The summed E-state index contributed by atoms with van der Waals surface area (Å²) in [5, 5.41) is 0. The van der Waals surface area contributed by atoms with E-state index < -0.39 is 0 Å². The predicted molar refractivity (Wildman–Crippen MR) is 77.4 cm³/mol. The van der Waals surface area contributed by atoms with Gasteiger partial charge in [-0.2, -0.15) is 0 Å². The van der Waals surface area contributed by atoms with E-state index in [1.165, 1.54) is 25.7 Å². The highest BCUT2D eigenvalue weighted by Crippen LogP contribution is 2.25. The molecule has 4 nitrogen and oxygen atoms in total. The molecule has 0 aliphatic carbocycles. The summed E-state index contributed by atoms with van der Waals surface area (Å²) < 4.78 is 23.2. The van der Waals surface area contributed by atoms with Gasteiger partial charge in [0.15, 0.2) is 12.6 Å². The average molecular weight is 286 g/mol. The van der Waals surface area contributed by atoms with E-state index in [9.17, 15) is 0 Å². The molecule has 2 fully saturated rings. The summed E-state index contributed by atoms with van der Waals surface area (Å²) in [6.45, 7) is 7.43. The lowest BCUT2D eigenvalue weighted by molar-refractivity contribution is -0.281. The van der Waals surface area contributed by atoms with Crippen LogP contribution in [-0.4, -0.2) is 39.0 Å². The Morgan fingerprint density at radius 2 is 1.35 bits per heavy atom. The van der Waals surface area contributed by atoms with Gasteiger partial charge in [-0.25, -0.2) is 0 Å². The van der Waals surface area contributed by atoms with Gasteiger partial charge in [0.1, 0.15) is 0 Å². The molecule has 0 amide bonds. The summed E-state index contributed by atoms with van der Waals surface area (Å²) >= 11 is 0. The van der Waals surface area contributed by atoms with Gasteiger partial charge in [-0.15, -0.1) is 0 Å². The molecular formula is C16H30O4. The summed E-state index contributed by atoms with van der Waals surface area (Å²) in [6.07, 6.45) is 6.88. The van der Waals surface area contributed by atoms with Crippen molar-refractivity contribution < 1.29 is 18.9 Å². The minimum absolute atomic E-state index is 0.0212. The minimum atomic E-state index is -0.139.